The normalized spacial score (nSPS) is 16.3. The van der Waals surface area contributed by atoms with E-state index in [-0.39, 0.29) is 12.4 Å². The summed E-state index contributed by atoms with van der Waals surface area (Å²) in [6.45, 7) is 4.26. The van der Waals surface area contributed by atoms with Gasteiger partial charge in [0.1, 0.15) is 18.1 Å². The van der Waals surface area contributed by atoms with Crippen LogP contribution in [0, 0.1) is 0 Å². The average molecular weight is 286 g/mol. The van der Waals surface area contributed by atoms with Crippen molar-refractivity contribution in [1.82, 2.24) is 4.90 Å². The van der Waals surface area contributed by atoms with Crippen molar-refractivity contribution in [2.24, 2.45) is 0 Å². The van der Waals surface area contributed by atoms with Crippen LogP contribution in [0.4, 0.5) is 0 Å². The van der Waals surface area contributed by atoms with Crippen molar-refractivity contribution in [3.63, 3.8) is 0 Å². The average Bonchev–Trinajstić information content (AvgIpc) is 2.68. The van der Waals surface area contributed by atoms with E-state index in [0.29, 0.717) is 0 Å². The molecule has 1 aliphatic heterocycles. The van der Waals surface area contributed by atoms with E-state index in [1.54, 1.807) is 7.11 Å². The van der Waals surface area contributed by atoms with Crippen molar-refractivity contribution in [2.45, 2.75) is 25.7 Å². The summed E-state index contributed by atoms with van der Waals surface area (Å²) in [6.07, 6.45) is 5.44. The number of nitrogens with zero attached hydrogens (tertiary/aromatic N) is 1. The van der Waals surface area contributed by atoms with Crippen molar-refractivity contribution >= 4 is 12.4 Å². The highest BCUT2D eigenvalue weighted by atomic mass is 35.5. The third kappa shape index (κ3) is 5.70. The number of methoxy groups -OCH3 is 1. The van der Waals surface area contributed by atoms with E-state index in [9.17, 15) is 0 Å². The Balaban J connectivity index is 0.00000180. The van der Waals surface area contributed by atoms with E-state index in [2.05, 4.69) is 4.90 Å². The molecule has 1 aliphatic rings. The molecule has 108 valence electrons. The summed E-state index contributed by atoms with van der Waals surface area (Å²) in [6, 6.07) is 7.78. The highest BCUT2D eigenvalue weighted by Crippen LogP contribution is 2.17. The lowest BCUT2D eigenvalue weighted by molar-refractivity contribution is 0.214. The van der Waals surface area contributed by atoms with Crippen LogP contribution in [0.1, 0.15) is 25.7 Å². The molecule has 0 atom stereocenters. The molecule has 0 amide bonds. The number of ether oxygens (including phenoxy) is 2. The maximum Gasteiger partial charge on any atom is 0.119 e. The first-order chi connectivity index (χ1) is 8.88. The summed E-state index contributed by atoms with van der Waals surface area (Å²) >= 11 is 0. The Morgan fingerprint density at radius 2 is 1.53 bits per heavy atom. The van der Waals surface area contributed by atoms with Crippen LogP contribution >= 0.6 is 12.4 Å². The van der Waals surface area contributed by atoms with Crippen LogP contribution < -0.4 is 9.47 Å². The van der Waals surface area contributed by atoms with E-state index in [4.69, 9.17) is 9.47 Å². The lowest BCUT2D eigenvalue weighted by atomic mass is 10.2. The second-order valence-corrected chi connectivity index (χ2v) is 4.78. The van der Waals surface area contributed by atoms with E-state index < -0.39 is 0 Å². The molecule has 1 saturated heterocycles. The van der Waals surface area contributed by atoms with Gasteiger partial charge in [0.05, 0.1) is 7.11 Å². The molecule has 19 heavy (non-hydrogen) atoms. The molecule has 1 aromatic rings. The molecule has 4 heteroatoms. The van der Waals surface area contributed by atoms with Crippen molar-refractivity contribution in [3.8, 4) is 11.5 Å². The van der Waals surface area contributed by atoms with Crippen LogP contribution in [0.5, 0.6) is 11.5 Å². The Morgan fingerprint density at radius 3 is 2.11 bits per heavy atom. The van der Waals surface area contributed by atoms with E-state index >= 15 is 0 Å². The Bertz CT molecular complexity index is 335. The van der Waals surface area contributed by atoms with Crippen molar-refractivity contribution in [2.75, 3.05) is 33.4 Å². The van der Waals surface area contributed by atoms with Gasteiger partial charge in [-0.2, -0.15) is 0 Å². The molecule has 0 spiro atoms. The third-order valence-corrected chi connectivity index (χ3v) is 3.43. The zero-order valence-corrected chi connectivity index (χ0v) is 12.5. The van der Waals surface area contributed by atoms with Crippen molar-refractivity contribution < 1.29 is 9.47 Å². The van der Waals surface area contributed by atoms with Gasteiger partial charge in [0.25, 0.3) is 0 Å². The summed E-state index contributed by atoms with van der Waals surface area (Å²) in [5.74, 6) is 1.79. The molecule has 0 unspecified atom stereocenters. The monoisotopic (exact) mass is 285 g/mol. The predicted molar refractivity (Wildman–Crippen MR) is 80.6 cm³/mol. The minimum atomic E-state index is 0. The summed E-state index contributed by atoms with van der Waals surface area (Å²) in [5, 5.41) is 0. The molecule has 1 fully saturated rings. The first-order valence-electron chi connectivity index (χ1n) is 6.88. The van der Waals surface area contributed by atoms with Gasteiger partial charge in [0.15, 0.2) is 0 Å². The maximum atomic E-state index is 5.75. The van der Waals surface area contributed by atoms with Gasteiger partial charge in [-0.1, -0.05) is 12.8 Å². The SMILES string of the molecule is COc1ccc(OCCN2CCCCCC2)cc1.Cl. The molecular weight excluding hydrogens is 262 g/mol. The third-order valence-electron chi connectivity index (χ3n) is 3.43. The van der Waals surface area contributed by atoms with Gasteiger partial charge in [-0.3, -0.25) is 4.90 Å². The fraction of sp³-hybridized carbons (Fsp3) is 0.600. The van der Waals surface area contributed by atoms with Gasteiger partial charge in [0.2, 0.25) is 0 Å². The fourth-order valence-corrected chi connectivity index (χ4v) is 2.32. The van der Waals surface area contributed by atoms with Crippen LogP contribution in [0.25, 0.3) is 0 Å². The number of benzene rings is 1. The molecule has 1 heterocycles. The first-order valence-corrected chi connectivity index (χ1v) is 6.88. The number of halogens is 1. The summed E-state index contributed by atoms with van der Waals surface area (Å²) in [4.78, 5) is 2.51. The number of hydrogen-bond acceptors (Lipinski definition) is 3. The molecule has 3 nitrogen and oxygen atoms in total. The highest BCUT2D eigenvalue weighted by Gasteiger charge is 2.08. The van der Waals surface area contributed by atoms with Gasteiger partial charge >= 0.3 is 0 Å². The second kappa shape index (κ2) is 9.05. The van der Waals surface area contributed by atoms with Crippen molar-refractivity contribution in [3.05, 3.63) is 24.3 Å². The van der Waals surface area contributed by atoms with Gasteiger partial charge in [0, 0.05) is 6.54 Å². The van der Waals surface area contributed by atoms with Gasteiger partial charge in [-0.15, -0.1) is 12.4 Å². The minimum absolute atomic E-state index is 0. The minimum Gasteiger partial charge on any atom is -0.497 e. The van der Waals surface area contributed by atoms with Crippen LogP contribution in [0.15, 0.2) is 24.3 Å². The molecule has 0 aromatic heterocycles. The highest BCUT2D eigenvalue weighted by molar-refractivity contribution is 5.85. The summed E-state index contributed by atoms with van der Waals surface area (Å²) < 4.78 is 10.9. The first kappa shape index (κ1) is 16.1. The number of hydrogen-bond donors (Lipinski definition) is 0. The topological polar surface area (TPSA) is 21.7 Å². The second-order valence-electron chi connectivity index (χ2n) is 4.78. The van der Waals surface area contributed by atoms with Gasteiger partial charge in [-0.25, -0.2) is 0 Å². The van der Waals surface area contributed by atoms with Crippen molar-refractivity contribution in [1.29, 1.82) is 0 Å². The molecular formula is C15H24ClNO2. The van der Waals surface area contributed by atoms with E-state index in [0.717, 1.165) is 24.7 Å². The Morgan fingerprint density at radius 1 is 0.947 bits per heavy atom. The quantitative estimate of drug-likeness (QED) is 0.828. The van der Waals surface area contributed by atoms with Gasteiger partial charge < -0.3 is 9.47 Å². The largest absolute Gasteiger partial charge is 0.497 e. The standard InChI is InChI=1S/C15H23NO2.ClH/c1-17-14-6-8-15(9-7-14)18-13-12-16-10-4-2-3-5-11-16;/h6-9H,2-5,10-13H2,1H3;1H. The lowest BCUT2D eigenvalue weighted by Crippen LogP contribution is -2.29. The van der Waals surface area contributed by atoms with E-state index in [1.165, 1.54) is 38.8 Å². The lowest BCUT2D eigenvalue weighted by Gasteiger charge is -2.19. The van der Waals surface area contributed by atoms with Crippen LogP contribution in [-0.4, -0.2) is 38.3 Å². The maximum absolute atomic E-state index is 5.75. The number of rotatable bonds is 5. The number of likely N-dealkylation sites (tertiary alicyclic amines) is 1. The molecule has 0 saturated carbocycles. The Kier molecular flexibility index (Phi) is 7.68. The molecule has 0 aliphatic carbocycles. The Labute approximate surface area is 122 Å². The van der Waals surface area contributed by atoms with Gasteiger partial charge in [-0.05, 0) is 50.2 Å². The molecule has 2 rings (SSSR count). The smallest absolute Gasteiger partial charge is 0.119 e. The molecule has 0 N–H and O–H groups in total. The predicted octanol–water partition coefficient (Wildman–Crippen LogP) is 3.37. The van der Waals surface area contributed by atoms with Crippen LogP contribution in [0.3, 0.4) is 0 Å². The summed E-state index contributed by atoms with van der Waals surface area (Å²) in [5.41, 5.74) is 0. The Hall–Kier alpha value is -0.930. The fourth-order valence-electron chi connectivity index (χ4n) is 2.32. The van der Waals surface area contributed by atoms with Crippen LogP contribution in [0.2, 0.25) is 0 Å². The van der Waals surface area contributed by atoms with Crippen LogP contribution in [-0.2, 0) is 0 Å². The van der Waals surface area contributed by atoms with E-state index in [1.807, 2.05) is 24.3 Å². The summed E-state index contributed by atoms with van der Waals surface area (Å²) in [7, 11) is 1.68. The molecule has 0 bridgehead atoms. The zero-order valence-electron chi connectivity index (χ0n) is 11.6. The molecule has 1 aromatic carbocycles. The molecule has 0 radical (unpaired) electrons. The zero-order chi connectivity index (χ0) is 12.6.